The third-order valence-corrected chi connectivity index (χ3v) is 7.05. The largest absolute Gasteiger partial charge is 0.497 e. The number of ether oxygens (including phenoxy) is 1. The molecular formula is C21H23N3O2S2. The number of aliphatic imine (C=N–C) groups is 1. The van der Waals surface area contributed by atoms with Crippen LogP contribution >= 0.6 is 23.1 Å². The van der Waals surface area contributed by atoms with Crippen LogP contribution in [0, 0.1) is 0 Å². The first-order chi connectivity index (χ1) is 13.7. The van der Waals surface area contributed by atoms with Crippen molar-refractivity contribution in [2.24, 2.45) is 4.99 Å². The summed E-state index contributed by atoms with van der Waals surface area (Å²) in [5.74, 6) is 0.877. The molecule has 0 unspecified atom stereocenters. The fraction of sp³-hybridized carbons (Fsp3) is 0.381. The number of nitrogens with zero attached hydrogens (tertiary/aromatic N) is 3. The van der Waals surface area contributed by atoms with Gasteiger partial charge in [-0.1, -0.05) is 31.4 Å². The normalized spacial score (nSPS) is 21.4. The molecule has 1 saturated carbocycles. The van der Waals surface area contributed by atoms with Gasteiger partial charge in [-0.3, -0.25) is 9.69 Å². The molecule has 1 saturated heterocycles. The van der Waals surface area contributed by atoms with E-state index in [9.17, 15) is 4.79 Å². The van der Waals surface area contributed by atoms with E-state index in [1.807, 2.05) is 41.5 Å². The van der Waals surface area contributed by atoms with Gasteiger partial charge in [0.25, 0.3) is 5.91 Å². The number of allylic oxidation sites excluding steroid dienone is 1. The molecule has 2 aromatic rings. The summed E-state index contributed by atoms with van der Waals surface area (Å²) in [4.78, 5) is 25.1. The molecule has 1 aromatic heterocycles. The molecule has 146 valence electrons. The second kappa shape index (κ2) is 8.49. The Balaban J connectivity index is 1.71. The first kappa shape index (κ1) is 19.2. The topological polar surface area (TPSA) is 54.8 Å². The van der Waals surface area contributed by atoms with E-state index in [1.165, 1.54) is 42.4 Å². The predicted molar refractivity (Wildman–Crippen MR) is 116 cm³/mol. The monoisotopic (exact) mass is 413 g/mol. The van der Waals surface area contributed by atoms with Crippen LogP contribution in [0.25, 0.3) is 5.57 Å². The van der Waals surface area contributed by atoms with Crippen molar-refractivity contribution in [2.45, 2.75) is 45.1 Å². The Morgan fingerprint density at radius 2 is 1.96 bits per heavy atom. The van der Waals surface area contributed by atoms with Gasteiger partial charge in [0.05, 0.1) is 12.0 Å². The number of aromatic nitrogens is 1. The van der Waals surface area contributed by atoms with Crippen LogP contribution in [-0.2, 0) is 4.79 Å². The molecule has 7 heteroatoms. The number of amides is 1. The SMILES string of the molecule is COc1ccc(/C(C)=C2\S/C(=N/c3nccs3)N(C3CCCCC3)C2=O)cc1. The van der Waals surface area contributed by atoms with Gasteiger partial charge >= 0.3 is 0 Å². The fourth-order valence-corrected chi connectivity index (χ4v) is 5.34. The minimum atomic E-state index is 0.0699. The first-order valence-electron chi connectivity index (χ1n) is 9.52. The molecule has 0 N–H and O–H groups in total. The summed E-state index contributed by atoms with van der Waals surface area (Å²) < 4.78 is 5.25. The number of thioether (sulfide) groups is 1. The Bertz CT molecular complexity index is 898. The summed E-state index contributed by atoms with van der Waals surface area (Å²) >= 11 is 2.96. The molecule has 1 aliphatic carbocycles. The van der Waals surface area contributed by atoms with E-state index in [2.05, 4.69) is 4.98 Å². The van der Waals surface area contributed by atoms with Crippen LogP contribution in [0.15, 0.2) is 45.7 Å². The maximum absolute atomic E-state index is 13.4. The van der Waals surface area contributed by atoms with Crippen LogP contribution in [0.5, 0.6) is 5.75 Å². The van der Waals surface area contributed by atoms with E-state index in [-0.39, 0.29) is 11.9 Å². The average Bonchev–Trinajstić information content (AvgIpc) is 3.36. The molecule has 1 aromatic carbocycles. The van der Waals surface area contributed by atoms with Crippen molar-refractivity contribution in [2.75, 3.05) is 7.11 Å². The van der Waals surface area contributed by atoms with Crippen molar-refractivity contribution in [3.63, 3.8) is 0 Å². The van der Waals surface area contributed by atoms with Gasteiger partial charge in [-0.05, 0) is 54.8 Å². The molecule has 1 aliphatic heterocycles. The smallest absolute Gasteiger partial charge is 0.267 e. The van der Waals surface area contributed by atoms with E-state index in [1.54, 1.807) is 13.3 Å². The second-order valence-electron chi connectivity index (χ2n) is 6.96. The van der Waals surface area contributed by atoms with Crippen LogP contribution < -0.4 is 4.74 Å². The highest BCUT2D eigenvalue weighted by atomic mass is 32.2. The summed E-state index contributed by atoms with van der Waals surface area (Å²) in [5, 5.41) is 3.36. The molecule has 0 radical (unpaired) electrons. The Hall–Kier alpha value is -2.12. The van der Waals surface area contributed by atoms with E-state index in [0.717, 1.165) is 39.8 Å². The maximum atomic E-state index is 13.4. The van der Waals surface area contributed by atoms with E-state index < -0.39 is 0 Å². The number of hydrogen-bond donors (Lipinski definition) is 0. The third kappa shape index (κ3) is 3.86. The molecule has 0 bridgehead atoms. The van der Waals surface area contributed by atoms with E-state index >= 15 is 0 Å². The molecule has 1 amide bonds. The zero-order valence-corrected chi connectivity index (χ0v) is 17.7. The third-order valence-electron chi connectivity index (χ3n) is 5.23. The highest BCUT2D eigenvalue weighted by molar-refractivity contribution is 8.18. The first-order valence-corrected chi connectivity index (χ1v) is 11.2. The van der Waals surface area contributed by atoms with Crippen LogP contribution in [0.4, 0.5) is 5.13 Å². The number of thiazole rings is 1. The molecule has 28 heavy (non-hydrogen) atoms. The van der Waals surface area contributed by atoms with Gasteiger partial charge in [0.2, 0.25) is 5.13 Å². The summed E-state index contributed by atoms with van der Waals surface area (Å²) in [7, 11) is 1.65. The van der Waals surface area contributed by atoms with Gasteiger partial charge in [0, 0.05) is 17.6 Å². The lowest BCUT2D eigenvalue weighted by molar-refractivity contribution is -0.124. The fourth-order valence-electron chi connectivity index (χ4n) is 3.68. The lowest BCUT2D eigenvalue weighted by Gasteiger charge is -2.30. The molecule has 0 spiro atoms. The molecular weight excluding hydrogens is 390 g/mol. The minimum absolute atomic E-state index is 0.0699. The number of methoxy groups -OCH3 is 1. The quantitative estimate of drug-likeness (QED) is 0.623. The standard InChI is InChI=1S/C21H23N3O2S2/c1-14(15-8-10-17(26-2)11-9-15)18-19(25)24(16-6-4-3-5-7-16)21(28-18)23-20-22-12-13-27-20/h8-13,16H,3-7H2,1-2H3/b18-14-,23-21+. The maximum Gasteiger partial charge on any atom is 0.267 e. The average molecular weight is 414 g/mol. The highest BCUT2D eigenvalue weighted by Gasteiger charge is 2.39. The summed E-state index contributed by atoms with van der Waals surface area (Å²) in [6, 6.07) is 8.07. The van der Waals surface area contributed by atoms with Gasteiger partial charge in [0.1, 0.15) is 5.75 Å². The van der Waals surface area contributed by atoms with Crippen molar-refractivity contribution < 1.29 is 9.53 Å². The highest BCUT2D eigenvalue weighted by Crippen LogP contribution is 2.41. The van der Waals surface area contributed by atoms with E-state index in [0.29, 0.717) is 5.13 Å². The molecule has 2 fully saturated rings. The number of rotatable bonds is 4. The van der Waals surface area contributed by atoms with Gasteiger partial charge in [-0.15, -0.1) is 11.3 Å². The van der Waals surface area contributed by atoms with Gasteiger partial charge in [0.15, 0.2) is 5.17 Å². The van der Waals surface area contributed by atoms with Gasteiger partial charge in [-0.25, -0.2) is 4.98 Å². The minimum Gasteiger partial charge on any atom is -0.497 e. The summed E-state index contributed by atoms with van der Waals surface area (Å²) in [6.07, 6.45) is 7.41. The van der Waals surface area contributed by atoms with Crippen LogP contribution in [0.1, 0.15) is 44.6 Å². The number of carbonyl (C=O) groups excluding carboxylic acids is 1. The summed E-state index contributed by atoms with van der Waals surface area (Å²) in [6.45, 7) is 2.01. The Kier molecular flexibility index (Phi) is 5.82. The number of benzene rings is 1. The number of hydrogen-bond acceptors (Lipinski definition) is 6. The second-order valence-corrected chi connectivity index (χ2v) is 8.81. The lowest BCUT2D eigenvalue weighted by atomic mass is 9.94. The Morgan fingerprint density at radius 3 is 2.61 bits per heavy atom. The molecule has 2 aliphatic rings. The zero-order valence-electron chi connectivity index (χ0n) is 16.1. The van der Waals surface area contributed by atoms with Crippen molar-refractivity contribution in [1.29, 1.82) is 0 Å². The predicted octanol–water partition coefficient (Wildman–Crippen LogP) is 5.48. The summed E-state index contributed by atoms with van der Waals surface area (Å²) in [5.41, 5.74) is 2.00. The molecule has 0 atom stereocenters. The van der Waals surface area contributed by atoms with Crippen molar-refractivity contribution >= 4 is 44.9 Å². The molecule has 2 heterocycles. The number of carbonyl (C=O) groups is 1. The van der Waals surface area contributed by atoms with Crippen molar-refractivity contribution in [3.05, 3.63) is 46.3 Å². The van der Waals surface area contributed by atoms with Crippen molar-refractivity contribution in [3.8, 4) is 5.75 Å². The zero-order chi connectivity index (χ0) is 19.5. The Labute approximate surface area is 173 Å². The van der Waals surface area contributed by atoms with Crippen LogP contribution in [-0.4, -0.2) is 34.1 Å². The van der Waals surface area contributed by atoms with Crippen LogP contribution in [0.2, 0.25) is 0 Å². The number of amidine groups is 1. The van der Waals surface area contributed by atoms with Crippen LogP contribution in [0.3, 0.4) is 0 Å². The van der Waals surface area contributed by atoms with E-state index in [4.69, 9.17) is 9.73 Å². The molecule has 5 nitrogen and oxygen atoms in total. The van der Waals surface area contributed by atoms with Crippen molar-refractivity contribution in [1.82, 2.24) is 9.88 Å². The molecule has 4 rings (SSSR count). The lowest BCUT2D eigenvalue weighted by Crippen LogP contribution is -2.40. The van der Waals surface area contributed by atoms with Gasteiger partial charge in [-0.2, -0.15) is 4.99 Å². The Morgan fingerprint density at radius 1 is 1.21 bits per heavy atom. The van der Waals surface area contributed by atoms with Gasteiger partial charge < -0.3 is 4.74 Å².